The van der Waals surface area contributed by atoms with E-state index in [4.69, 9.17) is 5.10 Å². The van der Waals surface area contributed by atoms with Crippen molar-refractivity contribution in [1.82, 2.24) is 20.4 Å². The molecular weight excluding hydrogens is 396 g/mol. The molecule has 0 fully saturated rings. The summed E-state index contributed by atoms with van der Waals surface area (Å²) in [7, 11) is 0. The maximum Gasteiger partial charge on any atom is 0.255 e. The molecule has 1 aliphatic heterocycles. The highest BCUT2D eigenvalue weighted by Gasteiger charge is 2.26. The van der Waals surface area contributed by atoms with Gasteiger partial charge in [-0.25, -0.2) is 4.68 Å². The molecule has 0 spiro atoms. The third kappa shape index (κ3) is 4.58. The Kier molecular flexibility index (Phi) is 6.34. The summed E-state index contributed by atoms with van der Waals surface area (Å²) in [4.78, 5) is 13.0. The van der Waals surface area contributed by atoms with Gasteiger partial charge in [0.1, 0.15) is 0 Å². The first-order valence-electron chi connectivity index (χ1n) is 10.1. The fourth-order valence-corrected chi connectivity index (χ4v) is 3.66. The molecule has 1 aliphatic rings. The molecule has 2 heterocycles. The summed E-state index contributed by atoms with van der Waals surface area (Å²) in [5, 5.41) is 11.2. The number of halogens is 1. The zero-order chi connectivity index (χ0) is 20.6. The Bertz CT molecular complexity index is 1050. The molecule has 2 N–H and O–H groups in total. The van der Waals surface area contributed by atoms with Crippen LogP contribution >= 0.6 is 12.4 Å². The summed E-state index contributed by atoms with van der Waals surface area (Å²) >= 11 is 0. The minimum atomic E-state index is -0.234. The van der Waals surface area contributed by atoms with E-state index in [1.165, 1.54) is 16.7 Å². The predicted molar refractivity (Wildman–Crippen MR) is 122 cm³/mol. The van der Waals surface area contributed by atoms with Gasteiger partial charge >= 0.3 is 0 Å². The summed E-state index contributed by atoms with van der Waals surface area (Å²) in [6, 6.07) is 14.6. The zero-order valence-corrected chi connectivity index (χ0v) is 18.8. The lowest BCUT2D eigenvalue weighted by atomic mass is 9.89. The Hall–Kier alpha value is -2.63. The lowest BCUT2D eigenvalue weighted by Gasteiger charge is -2.17. The zero-order valence-electron chi connectivity index (χ0n) is 18.0. The van der Waals surface area contributed by atoms with Crippen molar-refractivity contribution in [2.75, 3.05) is 0 Å². The molecule has 0 bridgehead atoms. The topological polar surface area (TPSA) is 59.0 Å². The van der Waals surface area contributed by atoms with Gasteiger partial charge in [-0.3, -0.25) is 4.79 Å². The second-order valence-corrected chi connectivity index (χ2v) is 8.81. The number of aromatic nitrogens is 2. The molecule has 0 unspecified atom stereocenters. The van der Waals surface area contributed by atoms with Crippen molar-refractivity contribution < 1.29 is 4.79 Å². The van der Waals surface area contributed by atoms with Crippen LogP contribution in [0.15, 0.2) is 48.7 Å². The van der Waals surface area contributed by atoms with Gasteiger partial charge in [-0.2, -0.15) is 5.10 Å². The number of nitrogens with zero attached hydrogens (tertiary/aromatic N) is 2. The minimum Gasteiger partial charge on any atom is -0.348 e. The highest BCUT2D eigenvalue weighted by atomic mass is 35.5. The van der Waals surface area contributed by atoms with Crippen molar-refractivity contribution >= 4 is 18.3 Å². The van der Waals surface area contributed by atoms with Crippen LogP contribution in [0.2, 0.25) is 0 Å². The smallest absolute Gasteiger partial charge is 0.255 e. The quantitative estimate of drug-likeness (QED) is 0.651. The fraction of sp³-hybridized carbons (Fsp3) is 0.333. The minimum absolute atomic E-state index is 0. The van der Waals surface area contributed by atoms with Gasteiger partial charge in [0.15, 0.2) is 0 Å². The SMILES string of the molecule is Cc1ccc(-n2cc(C(=O)NCc3ccc4c(c3)CNC4)c(C(C)(C)C)n2)cc1.Cl. The van der Waals surface area contributed by atoms with Crippen molar-refractivity contribution in [2.45, 2.75) is 52.7 Å². The molecule has 0 aliphatic carbocycles. The lowest BCUT2D eigenvalue weighted by molar-refractivity contribution is 0.0948. The van der Waals surface area contributed by atoms with Crippen LogP contribution in [0.4, 0.5) is 0 Å². The first-order chi connectivity index (χ1) is 13.8. The van der Waals surface area contributed by atoms with E-state index in [0.29, 0.717) is 12.1 Å². The molecule has 4 rings (SSSR count). The predicted octanol–water partition coefficient (Wildman–Crippen LogP) is 4.43. The highest BCUT2D eigenvalue weighted by molar-refractivity contribution is 5.95. The van der Waals surface area contributed by atoms with E-state index >= 15 is 0 Å². The Morgan fingerprint density at radius 1 is 1.10 bits per heavy atom. The second kappa shape index (κ2) is 8.62. The molecule has 6 heteroatoms. The number of rotatable bonds is 4. The molecular formula is C24H29ClN4O. The molecule has 0 atom stereocenters. The average Bonchev–Trinajstić information content (AvgIpc) is 3.33. The van der Waals surface area contributed by atoms with Crippen molar-refractivity contribution in [3.63, 3.8) is 0 Å². The number of amides is 1. The third-order valence-corrected chi connectivity index (χ3v) is 5.32. The van der Waals surface area contributed by atoms with Crippen LogP contribution in [-0.4, -0.2) is 15.7 Å². The van der Waals surface area contributed by atoms with E-state index in [2.05, 4.69) is 68.7 Å². The average molecular weight is 425 g/mol. The van der Waals surface area contributed by atoms with Crippen molar-refractivity contribution in [3.05, 3.63) is 82.2 Å². The van der Waals surface area contributed by atoms with Crippen LogP contribution < -0.4 is 10.6 Å². The van der Waals surface area contributed by atoms with Crippen molar-refractivity contribution in [2.24, 2.45) is 0 Å². The van der Waals surface area contributed by atoms with Crippen LogP contribution in [-0.2, 0) is 25.0 Å². The molecule has 0 saturated carbocycles. The summed E-state index contributed by atoms with van der Waals surface area (Å²) in [6.45, 7) is 10.6. The van der Waals surface area contributed by atoms with Crippen LogP contribution in [0, 0.1) is 6.92 Å². The number of hydrogen-bond donors (Lipinski definition) is 2. The molecule has 0 saturated heterocycles. The Labute approximate surface area is 184 Å². The van der Waals surface area contributed by atoms with E-state index in [0.717, 1.165) is 30.0 Å². The van der Waals surface area contributed by atoms with Gasteiger partial charge in [-0.1, -0.05) is 56.7 Å². The third-order valence-electron chi connectivity index (χ3n) is 5.32. The van der Waals surface area contributed by atoms with Gasteiger partial charge in [0.05, 0.1) is 16.9 Å². The number of carbonyl (C=O) groups is 1. The lowest BCUT2D eigenvalue weighted by Crippen LogP contribution is -2.26. The standard InChI is InChI=1S/C24H28N4O.ClH/c1-16-5-9-20(10-6-16)28-15-21(22(27-28)24(2,3)4)23(29)26-12-17-7-8-18-13-25-14-19(18)11-17;/h5-11,15,25H,12-14H2,1-4H3,(H,26,29);1H. The van der Waals surface area contributed by atoms with Crippen LogP contribution in [0.1, 0.15) is 59.1 Å². The number of aryl methyl sites for hydroxylation is 1. The molecule has 5 nitrogen and oxygen atoms in total. The van der Waals surface area contributed by atoms with Crippen LogP contribution in [0.3, 0.4) is 0 Å². The van der Waals surface area contributed by atoms with Crippen LogP contribution in [0.5, 0.6) is 0 Å². The van der Waals surface area contributed by atoms with Gasteiger partial charge in [0.2, 0.25) is 0 Å². The summed E-state index contributed by atoms with van der Waals surface area (Å²) in [5.74, 6) is -0.0908. The maximum absolute atomic E-state index is 13.0. The monoisotopic (exact) mass is 424 g/mol. The number of nitrogens with one attached hydrogen (secondary N) is 2. The van der Waals surface area contributed by atoms with E-state index in [-0.39, 0.29) is 23.7 Å². The summed E-state index contributed by atoms with van der Waals surface area (Å²) in [5.41, 5.74) is 7.11. The normalized spacial score (nSPS) is 12.9. The number of benzene rings is 2. The van der Waals surface area contributed by atoms with Crippen LogP contribution in [0.25, 0.3) is 5.69 Å². The molecule has 0 radical (unpaired) electrons. The Balaban J connectivity index is 0.00000256. The summed E-state index contributed by atoms with van der Waals surface area (Å²) < 4.78 is 1.80. The first kappa shape index (κ1) is 22.1. The molecule has 1 aromatic heterocycles. The molecule has 2 aromatic carbocycles. The van der Waals surface area contributed by atoms with E-state index in [1.807, 2.05) is 18.3 Å². The van der Waals surface area contributed by atoms with Gasteiger partial charge in [0, 0.05) is 31.2 Å². The van der Waals surface area contributed by atoms with Gasteiger partial charge < -0.3 is 10.6 Å². The largest absolute Gasteiger partial charge is 0.348 e. The molecule has 1 amide bonds. The molecule has 30 heavy (non-hydrogen) atoms. The van der Waals surface area contributed by atoms with Crippen molar-refractivity contribution in [1.29, 1.82) is 0 Å². The van der Waals surface area contributed by atoms with Gasteiger partial charge in [-0.15, -0.1) is 12.4 Å². The number of hydrogen-bond acceptors (Lipinski definition) is 3. The van der Waals surface area contributed by atoms with Gasteiger partial charge in [0.25, 0.3) is 5.91 Å². The fourth-order valence-electron chi connectivity index (χ4n) is 3.66. The Morgan fingerprint density at radius 3 is 2.50 bits per heavy atom. The molecule has 158 valence electrons. The highest BCUT2D eigenvalue weighted by Crippen LogP contribution is 2.26. The number of carbonyl (C=O) groups excluding carboxylic acids is 1. The second-order valence-electron chi connectivity index (χ2n) is 8.81. The Morgan fingerprint density at radius 2 is 1.80 bits per heavy atom. The van der Waals surface area contributed by atoms with E-state index in [1.54, 1.807) is 4.68 Å². The number of fused-ring (bicyclic) bond motifs is 1. The summed E-state index contributed by atoms with van der Waals surface area (Å²) in [6.07, 6.45) is 1.84. The van der Waals surface area contributed by atoms with E-state index < -0.39 is 0 Å². The van der Waals surface area contributed by atoms with Gasteiger partial charge in [-0.05, 0) is 35.7 Å². The first-order valence-corrected chi connectivity index (χ1v) is 10.1. The van der Waals surface area contributed by atoms with Crippen molar-refractivity contribution in [3.8, 4) is 5.69 Å². The molecule has 3 aromatic rings. The van der Waals surface area contributed by atoms with E-state index in [9.17, 15) is 4.79 Å². The maximum atomic E-state index is 13.0.